The van der Waals surface area contributed by atoms with Crippen LogP contribution in [0.2, 0.25) is 0 Å². The molecule has 7 nitrogen and oxygen atoms in total. The molecule has 0 bridgehead atoms. The molecule has 0 aliphatic heterocycles. The Hall–Kier alpha value is -3.43. The molecule has 0 spiro atoms. The van der Waals surface area contributed by atoms with Crippen molar-refractivity contribution < 1.29 is 23.0 Å². The number of pyridine rings is 1. The smallest absolute Gasteiger partial charge is 0.493 e. The van der Waals surface area contributed by atoms with Crippen LogP contribution in [-0.4, -0.2) is 31.6 Å². The van der Waals surface area contributed by atoms with E-state index in [0.29, 0.717) is 6.04 Å². The number of hydrogen-bond donors (Lipinski definition) is 2. The average Bonchev–Trinajstić information content (AvgIpc) is 3.03. The quantitative estimate of drug-likeness (QED) is 0.583. The predicted molar refractivity (Wildman–Crippen MR) is 112 cm³/mol. The second-order valence-corrected chi connectivity index (χ2v) is 7.79. The van der Waals surface area contributed by atoms with E-state index in [2.05, 4.69) is 15.0 Å². The standard InChI is InChI=1S/C22H23F3N4O3/c23-22(24,25)32-18-8-6-17(7-9-18)29-20(30)14-28(21(29)31)13-15-10-11-26-12-19(15)27-16-4-2-1-3-5-16/h6-12,14,16,27,30H,1-5,13H2. The molecular formula is C22H23F3N4O3. The van der Waals surface area contributed by atoms with Crippen LogP contribution < -0.4 is 15.7 Å². The summed E-state index contributed by atoms with van der Waals surface area (Å²) in [5.41, 5.74) is 1.38. The molecule has 0 saturated heterocycles. The second kappa shape index (κ2) is 8.97. The molecule has 0 radical (unpaired) electrons. The van der Waals surface area contributed by atoms with E-state index in [4.69, 9.17) is 0 Å². The highest BCUT2D eigenvalue weighted by Gasteiger charge is 2.31. The van der Waals surface area contributed by atoms with Crippen LogP contribution in [0.3, 0.4) is 0 Å². The molecule has 1 aliphatic carbocycles. The zero-order valence-corrected chi connectivity index (χ0v) is 17.2. The van der Waals surface area contributed by atoms with Crippen LogP contribution in [0.1, 0.15) is 37.7 Å². The zero-order valence-electron chi connectivity index (χ0n) is 17.2. The molecule has 1 aliphatic rings. The van der Waals surface area contributed by atoms with Crippen molar-refractivity contribution in [2.24, 2.45) is 0 Å². The molecule has 1 fully saturated rings. The molecule has 4 rings (SSSR count). The van der Waals surface area contributed by atoms with Gasteiger partial charge in [0.25, 0.3) is 0 Å². The molecule has 2 aromatic heterocycles. The SMILES string of the molecule is O=c1n(Cc2ccncc2NC2CCCCC2)cc(O)n1-c1ccc(OC(F)(F)F)cc1. The van der Waals surface area contributed by atoms with Crippen LogP contribution in [0.25, 0.3) is 5.69 Å². The van der Waals surface area contributed by atoms with Gasteiger partial charge in [-0.1, -0.05) is 19.3 Å². The summed E-state index contributed by atoms with van der Waals surface area (Å²) in [5.74, 6) is -0.737. The molecule has 0 unspecified atom stereocenters. The van der Waals surface area contributed by atoms with Crippen molar-refractivity contribution in [2.45, 2.75) is 51.1 Å². The number of ether oxygens (including phenoxy) is 1. The lowest BCUT2D eigenvalue weighted by atomic mass is 9.95. The molecule has 3 aromatic rings. The molecule has 170 valence electrons. The first-order valence-electron chi connectivity index (χ1n) is 10.4. The third-order valence-corrected chi connectivity index (χ3v) is 5.48. The van der Waals surface area contributed by atoms with E-state index in [9.17, 15) is 23.1 Å². The highest BCUT2D eigenvalue weighted by atomic mass is 19.4. The van der Waals surface area contributed by atoms with Crippen LogP contribution in [0.4, 0.5) is 18.9 Å². The van der Waals surface area contributed by atoms with Gasteiger partial charge >= 0.3 is 12.1 Å². The normalized spacial score (nSPS) is 15.0. The Balaban J connectivity index is 1.56. The summed E-state index contributed by atoms with van der Waals surface area (Å²) in [6.07, 6.45) is 5.62. The summed E-state index contributed by atoms with van der Waals surface area (Å²) in [7, 11) is 0. The fourth-order valence-electron chi connectivity index (χ4n) is 3.97. The Bertz CT molecular complexity index is 1120. The van der Waals surface area contributed by atoms with Gasteiger partial charge in [0.1, 0.15) is 5.75 Å². The maximum Gasteiger partial charge on any atom is 0.573 e. The number of aromatic nitrogens is 3. The van der Waals surface area contributed by atoms with Gasteiger partial charge in [0, 0.05) is 12.2 Å². The van der Waals surface area contributed by atoms with Gasteiger partial charge in [0.05, 0.1) is 30.3 Å². The van der Waals surface area contributed by atoms with E-state index in [1.54, 1.807) is 12.4 Å². The number of anilines is 1. The van der Waals surface area contributed by atoms with Crippen LogP contribution in [-0.2, 0) is 6.54 Å². The van der Waals surface area contributed by atoms with E-state index >= 15 is 0 Å². The minimum atomic E-state index is -4.81. The molecule has 1 aromatic carbocycles. The highest BCUT2D eigenvalue weighted by Crippen LogP contribution is 2.26. The van der Waals surface area contributed by atoms with Gasteiger partial charge in [0.15, 0.2) is 0 Å². The Morgan fingerprint density at radius 1 is 1.12 bits per heavy atom. The van der Waals surface area contributed by atoms with Crippen molar-refractivity contribution in [2.75, 3.05) is 5.32 Å². The Morgan fingerprint density at radius 2 is 1.84 bits per heavy atom. The van der Waals surface area contributed by atoms with Crippen molar-refractivity contribution in [3.05, 3.63) is 65.0 Å². The summed E-state index contributed by atoms with van der Waals surface area (Å²) in [6, 6.07) is 6.89. The molecule has 2 N–H and O–H groups in total. The molecule has 0 atom stereocenters. The van der Waals surface area contributed by atoms with Gasteiger partial charge < -0.3 is 15.2 Å². The van der Waals surface area contributed by atoms with Crippen molar-refractivity contribution in [1.82, 2.24) is 14.1 Å². The van der Waals surface area contributed by atoms with Crippen molar-refractivity contribution in [3.63, 3.8) is 0 Å². The van der Waals surface area contributed by atoms with Crippen molar-refractivity contribution in [1.29, 1.82) is 0 Å². The van der Waals surface area contributed by atoms with Gasteiger partial charge in [-0.25, -0.2) is 9.36 Å². The van der Waals surface area contributed by atoms with Crippen LogP contribution in [0.15, 0.2) is 53.7 Å². The fourth-order valence-corrected chi connectivity index (χ4v) is 3.97. The number of imidazole rings is 1. The number of benzene rings is 1. The van der Waals surface area contributed by atoms with Crippen LogP contribution in [0, 0.1) is 0 Å². The first-order chi connectivity index (χ1) is 15.3. The average molecular weight is 448 g/mol. The minimum absolute atomic E-state index is 0.201. The first kappa shape index (κ1) is 21.8. The van der Waals surface area contributed by atoms with Gasteiger partial charge in [0.2, 0.25) is 5.88 Å². The Labute approximate surface area is 182 Å². The topological polar surface area (TPSA) is 81.3 Å². The summed E-state index contributed by atoms with van der Waals surface area (Å²) in [5, 5.41) is 13.8. The van der Waals surface area contributed by atoms with E-state index < -0.39 is 17.8 Å². The summed E-state index contributed by atoms with van der Waals surface area (Å²) in [6.45, 7) is 0.201. The summed E-state index contributed by atoms with van der Waals surface area (Å²) in [4.78, 5) is 17.1. The largest absolute Gasteiger partial charge is 0.573 e. The number of hydrogen-bond acceptors (Lipinski definition) is 5. The summed E-state index contributed by atoms with van der Waals surface area (Å²) >= 11 is 0. The van der Waals surface area contributed by atoms with E-state index in [1.165, 1.54) is 42.2 Å². The molecule has 32 heavy (non-hydrogen) atoms. The lowest BCUT2D eigenvalue weighted by Crippen LogP contribution is -2.25. The Kier molecular flexibility index (Phi) is 6.11. The highest BCUT2D eigenvalue weighted by molar-refractivity contribution is 5.50. The Morgan fingerprint density at radius 3 is 2.53 bits per heavy atom. The molecule has 1 saturated carbocycles. The first-order valence-corrected chi connectivity index (χ1v) is 10.4. The molecular weight excluding hydrogens is 425 g/mol. The van der Waals surface area contributed by atoms with E-state index in [0.717, 1.165) is 40.8 Å². The van der Waals surface area contributed by atoms with Crippen LogP contribution in [0.5, 0.6) is 11.6 Å². The number of halogens is 3. The fraction of sp³-hybridized carbons (Fsp3) is 0.364. The van der Waals surface area contributed by atoms with Crippen molar-refractivity contribution in [3.8, 4) is 17.3 Å². The number of alkyl halides is 3. The van der Waals surface area contributed by atoms with Gasteiger partial charge in [-0.2, -0.15) is 0 Å². The molecule has 10 heteroatoms. The van der Waals surface area contributed by atoms with Gasteiger partial charge in [-0.3, -0.25) is 9.55 Å². The predicted octanol–water partition coefficient (Wildman–Crippen LogP) is 4.43. The monoisotopic (exact) mass is 448 g/mol. The van der Waals surface area contributed by atoms with E-state index in [-0.39, 0.29) is 18.1 Å². The number of nitrogens with one attached hydrogen (secondary N) is 1. The third-order valence-electron chi connectivity index (χ3n) is 5.48. The maximum absolute atomic E-state index is 12.9. The number of aromatic hydroxyl groups is 1. The minimum Gasteiger partial charge on any atom is -0.493 e. The summed E-state index contributed by atoms with van der Waals surface area (Å²) < 4.78 is 43.3. The van der Waals surface area contributed by atoms with Crippen molar-refractivity contribution >= 4 is 5.69 Å². The van der Waals surface area contributed by atoms with Gasteiger partial charge in [-0.05, 0) is 48.7 Å². The van der Waals surface area contributed by atoms with Gasteiger partial charge in [-0.15, -0.1) is 13.2 Å². The second-order valence-electron chi connectivity index (χ2n) is 7.79. The molecule has 2 heterocycles. The maximum atomic E-state index is 12.9. The van der Waals surface area contributed by atoms with E-state index in [1.807, 2.05) is 6.07 Å². The number of nitrogens with zero attached hydrogens (tertiary/aromatic N) is 3. The third kappa shape index (κ3) is 5.06. The molecule has 0 amide bonds. The van der Waals surface area contributed by atoms with Crippen LogP contribution >= 0.6 is 0 Å². The lowest BCUT2D eigenvalue weighted by molar-refractivity contribution is -0.274. The number of rotatable bonds is 6. The zero-order chi connectivity index (χ0) is 22.7. The lowest BCUT2D eigenvalue weighted by Gasteiger charge is -2.25.